The molecular weight excluding hydrogens is 250 g/mol. The van der Waals surface area contributed by atoms with E-state index in [9.17, 15) is 10.1 Å². The molecule has 3 atom stereocenters. The molecule has 0 aromatic carbocycles. The van der Waals surface area contributed by atoms with E-state index < -0.39 is 0 Å². The van der Waals surface area contributed by atoms with Crippen LogP contribution in [0.3, 0.4) is 0 Å². The number of nitriles is 1. The van der Waals surface area contributed by atoms with Crippen molar-refractivity contribution in [3.05, 3.63) is 29.1 Å². The summed E-state index contributed by atoms with van der Waals surface area (Å²) in [7, 11) is 1.93. The minimum atomic E-state index is -0.283. The number of aromatic nitrogens is 2. The molecule has 0 bridgehead atoms. The summed E-state index contributed by atoms with van der Waals surface area (Å²) in [5, 5.41) is 13.9. The number of hydrogen-bond acceptors (Lipinski definition) is 3. The largest absolute Gasteiger partial charge is 0.293 e. The van der Waals surface area contributed by atoms with Crippen LogP contribution < -0.4 is 0 Å². The second-order valence-corrected chi connectivity index (χ2v) is 6.15. The fourth-order valence-electron chi connectivity index (χ4n) is 4.07. The summed E-state index contributed by atoms with van der Waals surface area (Å²) in [5.41, 5.74) is 2.34. The maximum atomic E-state index is 12.4. The lowest BCUT2D eigenvalue weighted by molar-refractivity contribution is -0.122. The highest BCUT2D eigenvalue weighted by Gasteiger charge is 2.50. The first kappa shape index (κ1) is 13.1. The van der Waals surface area contributed by atoms with E-state index in [1.807, 2.05) is 24.7 Å². The quantitative estimate of drug-likeness (QED) is 0.786. The van der Waals surface area contributed by atoms with E-state index in [4.69, 9.17) is 0 Å². The van der Waals surface area contributed by atoms with Crippen molar-refractivity contribution in [2.24, 2.45) is 18.9 Å². The molecule has 4 nitrogen and oxygen atoms in total. The summed E-state index contributed by atoms with van der Waals surface area (Å²) >= 11 is 0. The van der Waals surface area contributed by atoms with Gasteiger partial charge in [0.05, 0.1) is 11.3 Å². The van der Waals surface area contributed by atoms with Gasteiger partial charge in [-0.25, -0.2) is 0 Å². The summed E-state index contributed by atoms with van der Waals surface area (Å²) < 4.78 is 1.84. The summed E-state index contributed by atoms with van der Waals surface area (Å²) in [6.45, 7) is 4.17. The average molecular weight is 269 g/mol. The third-order valence-corrected chi connectivity index (χ3v) is 5.00. The fraction of sp³-hybridized carbons (Fsp3) is 0.562. The first-order valence-electron chi connectivity index (χ1n) is 7.21. The number of ketones is 1. The highest BCUT2D eigenvalue weighted by atomic mass is 16.1. The molecule has 0 N–H and O–H groups in total. The van der Waals surface area contributed by atoms with Gasteiger partial charge in [-0.15, -0.1) is 0 Å². The molecule has 0 fully saturated rings. The van der Waals surface area contributed by atoms with E-state index in [1.165, 1.54) is 5.56 Å². The molecule has 4 heteroatoms. The molecule has 0 saturated carbocycles. The standard InChI is InChI=1S/C16H19N3O/c1-4-12-13-6-5-10-9-19(3)18-15(10)16(13,2)7-11(8-17)14(12)20/h7,9,12-13H,4-6H2,1-3H3/t12-,13-,16-/m0/s1. The van der Waals surface area contributed by atoms with Crippen molar-refractivity contribution in [3.8, 4) is 6.07 Å². The summed E-state index contributed by atoms with van der Waals surface area (Å²) in [5.74, 6) is 0.242. The molecule has 0 unspecified atom stereocenters. The smallest absolute Gasteiger partial charge is 0.176 e. The molecule has 1 aromatic rings. The molecule has 2 aliphatic carbocycles. The molecular formula is C16H19N3O. The molecule has 0 amide bonds. The van der Waals surface area contributed by atoms with Crippen LogP contribution in [0.4, 0.5) is 0 Å². The van der Waals surface area contributed by atoms with Gasteiger partial charge in [0.15, 0.2) is 5.78 Å². The van der Waals surface area contributed by atoms with Crippen molar-refractivity contribution in [2.45, 2.75) is 38.5 Å². The van der Waals surface area contributed by atoms with Crippen LogP contribution in [0.1, 0.15) is 37.9 Å². The van der Waals surface area contributed by atoms with Crippen LogP contribution in [0.25, 0.3) is 0 Å². The lowest BCUT2D eigenvalue weighted by Gasteiger charge is -2.44. The Labute approximate surface area is 119 Å². The first-order valence-corrected chi connectivity index (χ1v) is 7.21. The molecule has 104 valence electrons. The number of aryl methyl sites for hydroxylation is 2. The van der Waals surface area contributed by atoms with Gasteiger partial charge in [0, 0.05) is 24.6 Å². The van der Waals surface area contributed by atoms with E-state index in [0.717, 1.165) is 25.0 Å². The monoisotopic (exact) mass is 269 g/mol. The molecule has 2 aliphatic rings. The Kier molecular flexibility index (Phi) is 2.82. The maximum absolute atomic E-state index is 12.4. The third kappa shape index (κ3) is 1.59. The van der Waals surface area contributed by atoms with Crippen LogP contribution in [0, 0.1) is 23.2 Å². The van der Waals surface area contributed by atoms with E-state index >= 15 is 0 Å². The lowest BCUT2D eigenvalue weighted by atomic mass is 9.57. The van der Waals surface area contributed by atoms with Crippen molar-refractivity contribution < 1.29 is 4.79 Å². The lowest BCUT2D eigenvalue weighted by Crippen LogP contribution is -2.46. The average Bonchev–Trinajstić information content (AvgIpc) is 2.81. The predicted molar refractivity (Wildman–Crippen MR) is 74.9 cm³/mol. The zero-order chi connectivity index (χ0) is 14.5. The number of fused-ring (bicyclic) bond motifs is 3. The first-order chi connectivity index (χ1) is 9.51. The van der Waals surface area contributed by atoms with Gasteiger partial charge < -0.3 is 0 Å². The van der Waals surface area contributed by atoms with Gasteiger partial charge in [-0.05, 0) is 30.7 Å². The van der Waals surface area contributed by atoms with Crippen LogP contribution in [0.5, 0.6) is 0 Å². The highest BCUT2D eigenvalue weighted by Crippen LogP contribution is 2.49. The van der Waals surface area contributed by atoms with E-state index in [1.54, 1.807) is 0 Å². The molecule has 3 rings (SSSR count). The zero-order valence-corrected chi connectivity index (χ0v) is 12.2. The highest BCUT2D eigenvalue weighted by molar-refractivity contribution is 6.02. The van der Waals surface area contributed by atoms with Gasteiger partial charge >= 0.3 is 0 Å². The normalized spacial score (nSPS) is 32.1. The van der Waals surface area contributed by atoms with Crippen molar-refractivity contribution in [3.63, 3.8) is 0 Å². The molecule has 1 aromatic heterocycles. The number of rotatable bonds is 1. The molecule has 0 spiro atoms. The Morgan fingerprint density at radius 3 is 3.00 bits per heavy atom. The molecule has 0 saturated heterocycles. The molecule has 0 aliphatic heterocycles. The summed E-state index contributed by atoms with van der Waals surface area (Å²) in [6.07, 6.45) is 6.70. The van der Waals surface area contributed by atoms with E-state index in [0.29, 0.717) is 5.57 Å². The van der Waals surface area contributed by atoms with Crippen molar-refractivity contribution in [1.29, 1.82) is 5.26 Å². The van der Waals surface area contributed by atoms with Crippen LogP contribution in [-0.2, 0) is 23.7 Å². The van der Waals surface area contributed by atoms with Crippen LogP contribution in [0.15, 0.2) is 17.8 Å². The second-order valence-electron chi connectivity index (χ2n) is 6.15. The van der Waals surface area contributed by atoms with Gasteiger partial charge in [0.2, 0.25) is 0 Å². The Hall–Kier alpha value is -1.89. The van der Waals surface area contributed by atoms with E-state index in [-0.39, 0.29) is 23.0 Å². The van der Waals surface area contributed by atoms with Gasteiger partial charge in [0.1, 0.15) is 6.07 Å². The van der Waals surface area contributed by atoms with Gasteiger partial charge in [-0.2, -0.15) is 10.4 Å². The Balaban J connectivity index is 2.22. The molecule has 20 heavy (non-hydrogen) atoms. The van der Waals surface area contributed by atoms with Gasteiger partial charge in [0.25, 0.3) is 0 Å². The second kappa shape index (κ2) is 4.31. The Bertz CT molecular complexity index is 649. The third-order valence-electron chi connectivity index (χ3n) is 5.00. The number of carbonyl (C=O) groups excluding carboxylic acids is 1. The van der Waals surface area contributed by atoms with Crippen LogP contribution in [-0.4, -0.2) is 15.6 Å². The van der Waals surface area contributed by atoms with Gasteiger partial charge in [-0.1, -0.05) is 19.9 Å². The van der Waals surface area contributed by atoms with Crippen molar-refractivity contribution in [2.75, 3.05) is 0 Å². The van der Waals surface area contributed by atoms with Crippen molar-refractivity contribution in [1.82, 2.24) is 9.78 Å². The number of allylic oxidation sites excluding steroid dienone is 2. The van der Waals surface area contributed by atoms with Crippen LogP contribution >= 0.6 is 0 Å². The topological polar surface area (TPSA) is 58.7 Å². The number of Topliss-reactive ketones (excluding diaryl/α,β-unsaturated/α-hetero) is 1. The SMILES string of the molecule is CC[C@@H]1C(=O)C(C#N)=C[C@]2(C)c3nn(C)cc3CC[C@@H]12. The summed E-state index contributed by atoms with van der Waals surface area (Å²) in [4.78, 5) is 12.4. The maximum Gasteiger partial charge on any atom is 0.176 e. The number of nitrogens with zero attached hydrogens (tertiary/aromatic N) is 3. The van der Waals surface area contributed by atoms with Gasteiger partial charge in [-0.3, -0.25) is 9.48 Å². The fourth-order valence-corrected chi connectivity index (χ4v) is 4.07. The molecule has 0 radical (unpaired) electrons. The minimum absolute atomic E-state index is 0.0249. The number of carbonyl (C=O) groups is 1. The predicted octanol–water partition coefficient (Wildman–Crippen LogP) is 2.30. The Morgan fingerprint density at radius 2 is 2.35 bits per heavy atom. The Morgan fingerprint density at radius 1 is 1.60 bits per heavy atom. The zero-order valence-electron chi connectivity index (χ0n) is 12.2. The summed E-state index contributed by atoms with van der Waals surface area (Å²) in [6, 6.07) is 2.09. The number of hydrogen-bond donors (Lipinski definition) is 0. The minimum Gasteiger partial charge on any atom is -0.293 e. The van der Waals surface area contributed by atoms with Crippen LogP contribution in [0.2, 0.25) is 0 Å². The van der Waals surface area contributed by atoms with Crippen molar-refractivity contribution >= 4 is 5.78 Å². The molecule has 1 heterocycles. The van der Waals surface area contributed by atoms with E-state index in [2.05, 4.69) is 24.3 Å².